The zero-order valence-corrected chi connectivity index (χ0v) is 25.1. The Morgan fingerprint density at radius 2 is 1.80 bits per heavy atom. The minimum Gasteiger partial charge on any atom is -0.489 e. The van der Waals surface area contributed by atoms with Crippen molar-refractivity contribution in [2.45, 2.75) is 32.4 Å². The molecule has 0 unspecified atom stereocenters. The van der Waals surface area contributed by atoms with Gasteiger partial charge in [-0.15, -0.1) is 0 Å². The monoisotopic (exact) mass is 605 g/mol. The molecule has 1 N–H and O–H groups in total. The first-order chi connectivity index (χ1) is 21.4. The second-order valence-electron chi connectivity index (χ2n) is 11.0. The van der Waals surface area contributed by atoms with Crippen molar-refractivity contribution in [2.24, 2.45) is 0 Å². The summed E-state index contributed by atoms with van der Waals surface area (Å²) >= 11 is 6.47. The lowest BCUT2D eigenvalue weighted by Gasteiger charge is -2.31. The third-order valence-electron chi connectivity index (χ3n) is 7.98. The molecule has 1 atom stereocenters. The van der Waals surface area contributed by atoms with Crippen molar-refractivity contribution in [3.05, 3.63) is 125 Å². The van der Waals surface area contributed by atoms with Gasteiger partial charge in [0.25, 0.3) is 5.91 Å². The number of pyridine rings is 1. The van der Waals surface area contributed by atoms with E-state index in [0.717, 1.165) is 23.1 Å². The molecular weight excluding hydrogens is 574 g/mol. The van der Waals surface area contributed by atoms with Gasteiger partial charge in [0.15, 0.2) is 0 Å². The van der Waals surface area contributed by atoms with Crippen LogP contribution in [0.5, 0.6) is 5.75 Å². The molecule has 0 spiro atoms. The zero-order valence-electron chi connectivity index (χ0n) is 24.3. The highest BCUT2D eigenvalue weighted by molar-refractivity contribution is 6.31. The van der Waals surface area contributed by atoms with Crippen molar-refractivity contribution in [3.8, 4) is 16.9 Å². The van der Waals surface area contributed by atoms with Crippen molar-refractivity contribution in [1.82, 2.24) is 9.88 Å². The number of aryl methyl sites for hydroxylation is 1. The SMILES string of the molecule is Cc1cc(Cl)cc(-c2cnc3ccccc3c2C(=O)N(C[C@H]2CCCN2C(=O)O)c2cccc(OCc3ccccc3)c2)c1. The van der Waals surface area contributed by atoms with Gasteiger partial charge in [0.2, 0.25) is 0 Å². The summed E-state index contributed by atoms with van der Waals surface area (Å²) in [6.45, 7) is 2.96. The minimum atomic E-state index is -0.982. The van der Waals surface area contributed by atoms with Crippen LogP contribution < -0.4 is 9.64 Å². The lowest BCUT2D eigenvalue weighted by atomic mass is 9.95. The van der Waals surface area contributed by atoms with Gasteiger partial charge < -0.3 is 19.6 Å². The summed E-state index contributed by atoms with van der Waals surface area (Å²) in [7, 11) is 0. The normalized spacial score (nSPS) is 14.5. The van der Waals surface area contributed by atoms with Crippen LogP contribution in [0.15, 0.2) is 103 Å². The predicted octanol–water partition coefficient (Wildman–Crippen LogP) is 8.23. The summed E-state index contributed by atoms with van der Waals surface area (Å²) in [5, 5.41) is 11.2. The number of fused-ring (bicyclic) bond motifs is 1. The Hall–Kier alpha value is -4.88. The Morgan fingerprint density at radius 3 is 2.59 bits per heavy atom. The molecule has 1 aliphatic rings. The number of likely N-dealkylation sites (tertiary alicyclic amines) is 1. The van der Waals surface area contributed by atoms with Crippen LogP contribution in [0.25, 0.3) is 22.0 Å². The van der Waals surface area contributed by atoms with E-state index >= 15 is 0 Å². The summed E-state index contributed by atoms with van der Waals surface area (Å²) in [6.07, 6.45) is 2.14. The summed E-state index contributed by atoms with van der Waals surface area (Å²) in [5.74, 6) is 0.351. The van der Waals surface area contributed by atoms with E-state index in [9.17, 15) is 14.7 Å². The fourth-order valence-electron chi connectivity index (χ4n) is 5.89. The number of anilines is 1. The number of ether oxygens (including phenoxy) is 1. The Balaban J connectivity index is 1.46. The molecule has 0 saturated carbocycles. The molecule has 0 aliphatic carbocycles. The molecular formula is C36H32ClN3O4. The summed E-state index contributed by atoms with van der Waals surface area (Å²) < 4.78 is 6.12. The Labute approximate surface area is 261 Å². The van der Waals surface area contributed by atoms with Crippen LogP contribution >= 0.6 is 11.6 Å². The number of hydrogen-bond acceptors (Lipinski definition) is 4. The second kappa shape index (κ2) is 12.8. The third kappa shape index (κ3) is 6.24. The van der Waals surface area contributed by atoms with Gasteiger partial charge in [0.05, 0.1) is 17.1 Å². The number of nitrogens with zero attached hydrogens (tertiary/aromatic N) is 3. The van der Waals surface area contributed by atoms with E-state index in [1.165, 1.54) is 4.90 Å². The molecule has 8 heteroatoms. The van der Waals surface area contributed by atoms with Gasteiger partial charge >= 0.3 is 6.09 Å². The van der Waals surface area contributed by atoms with Crippen molar-refractivity contribution in [1.29, 1.82) is 0 Å². The lowest BCUT2D eigenvalue weighted by molar-refractivity contribution is 0.0975. The molecule has 1 aliphatic heterocycles. The largest absolute Gasteiger partial charge is 0.489 e. The third-order valence-corrected chi connectivity index (χ3v) is 8.20. The molecule has 0 bridgehead atoms. The first-order valence-electron chi connectivity index (χ1n) is 14.6. The van der Waals surface area contributed by atoms with Gasteiger partial charge in [-0.25, -0.2) is 4.79 Å². The highest BCUT2D eigenvalue weighted by atomic mass is 35.5. The smallest absolute Gasteiger partial charge is 0.407 e. The number of benzene rings is 4. The number of amides is 2. The molecule has 1 saturated heterocycles. The standard InChI is InChI=1S/C36H32ClN3O4/c1-24-17-26(19-27(37)18-24)32-21-38-33-15-6-5-14-31(33)34(32)35(41)40(22-29-12-8-16-39(29)36(42)43)28-11-7-13-30(20-28)44-23-25-9-3-2-4-10-25/h2-7,9-11,13-15,17-21,29H,8,12,16,22-23H2,1H3,(H,42,43)/t29-/m1/s1. The number of rotatable bonds is 8. The van der Waals surface area contributed by atoms with Crippen molar-refractivity contribution in [2.75, 3.05) is 18.0 Å². The van der Waals surface area contributed by atoms with Crippen LogP contribution in [0, 0.1) is 6.92 Å². The van der Waals surface area contributed by atoms with Crippen LogP contribution in [0.4, 0.5) is 10.5 Å². The number of para-hydroxylation sites is 1. The number of halogens is 1. The highest BCUT2D eigenvalue weighted by Crippen LogP contribution is 2.35. The van der Waals surface area contributed by atoms with Gasteiger partial charge in [-0.05, 0) is 66.8 Å². The molecule has 2 heterocycles. The molecule has 2 amide bonds. The molecule has 4 aromatic carbocycles. The van der Waals surface area contributed by atoms with Crippen molar-refractivity contribution in [3.63, 3.8) is 0 Å². The van der Waals surface area contributed by atoms with Gasteiger partial charge in [-0.2, -0.15) is 0 Å². The molecule has 222 valence electrons. The van der Waals surface area contributed by atoms with Crippen LogP contribution in [0.3, 0.4) is 0 Å². The minimum absolute atomic E-state index is 0.192. The van der Waals surface area contributed by atoms with Gasteiger partial charge in [0, 0.05) is 47.0 Å². The fourth-order valence-corrected chi connectivity index (χ4v) is 6.18. The van der Waals surface area contributed by atoms with Crippen molar-refractivity contribution >= 4 is 40.2 Å². The van der Waals surface area contributed by atoms with Gasteiger partial charge in [-0.1, -0.05) is 72.3 Å². The van der Waals surface area contributed by atoms with E-state index < -0.39 is 6.09 Å². The van der Waals surface area contributed by atoms with E-state index in [1.54, 1.807) is 11.1 Å². The van der Waals surface area contributed by atoms with E-state index in [1.807, 2.05) is 104 Å². The second-order valence-corrected chi connectivity index (χ2v) is 11.5. The predicted molar refractivity (Wildman–Crippen MR) is 174 cm³/mol. The van der Waals surface area contributed by atoms with E-state index in [2.05, 4.69) is 4.98 Å². The summed E-state index contributed by atoms with van der Waals surface area (Å²) in [5.41, 5.74) is 5.21. The maximum absolute atomic E-state index is 14.9. The Bertz CT molecular complexity index is 1810. The summed E-state index contributed by atoms with van der Waals surface area (Å²) in [4.78, 5) is 34.8. The molecule has 7 nitrogen and oxygen atoms in total. The van der Waals surface area contributed by atoms with Gasteiger partial charge in [0.1, 0.15) is 12.4 Å². The molecule has 6 rings (SSSR count). The molecule has 44 heavy (non-hydrogen) atoms. The van der Waals surface area contributed by atoms with Crippen LogP contribution in [0.1, 0.15) is 34.3 Å². The topological polar surface area (TPSA) is 83.0 Å². The van der Waals surface area contributed by atoms with Crippen LogP contribution in [-0.4, -0.2) is 46.1 Å². The number of aromatic nitrogens is 1. The number of carbonyl (C=O) groups is 2. The first kappa shape index (κ1) is 29.2. The summed E-state index contributed by atoms with van der Waals surface area (Å²) in [6, 6.07) is 30.2. The maximum Gasteiger partial charge on any atom is 0.407 e. The number of carbonyl (C=O) groups excluding carboxylic acids is 1. The quantitative estimate of drug-likeness (QED) is 0.193. The van der Waals surface area contributed by atoms with Crippen molar-refractivity contribution < 1.29 is 19.4 Å². The highest BCUT2D eigenvalue weighted by Gasteiger charge is 2.33. The number of carboxylic acid groups (broad SMARTS) is 1. The zero-order chi connectivity index (χ0) is 30.6. The van der Waals surface area contributed by atoms with Gasteiger partial charge in [-0.3, -0.25) is 9.78 Å². The lowest BCUT2D eigenvalue weighted by Crippen LogP contribution is -2.45. The average molecular weight is 606 g/mol. The molecule has 5 aromatic rings. The van der Waals surface area contributed by atoms with E-state index in [0.29, 0.717) is 58.1 Å². The molecule has 1 aromatic heterocycles. The fraction of sp³-hybridized carbons (Fsp3) is 0.194. The van der Waals surface area contributed by atoms with E-state index in [-0.39, 0.29) is 18.5 Å². The molecule has 0 radical (unpaired) electrons. The Morgan fingerprint density at radius 1 is 1.00 bits per heavy atom. The van der Waals surface area contributed by atoms with Crippen LogP contribution in [-0.2, 0) is 6.61 Å². The molecule has 1 fully saturated rings. The maximum atomic E-state index is 14.9. The van der Waals surface area contributed by atoms with E-state index in [4.69, 9.17) is 16.3 Å². The number of hydrogen-bond donors (Lipinski definition) is 1. The van der Waals surface area contributed by atoms with Crippen LogP contribution in [0.2, 0.25) is 5.02 Å². The first-order valence-corrected chi connectivity index (χ1v) is 15.0. The average Bonchev–Trinajstić information content (AvgIpc) is 3.51. The Kier molecular flexibility index (Phi) is 8.48.